The zero-order chi connectivity index (χ0) is 15.8. The first kappa shape index (κ1) is 15.6. The molecule has 0 aliphatic heterocycles. The number of carbonyl (C=O) groups is 1. The molecule has 2 aromatic carbocycles. The molecular formula is C17H17NO4. The number of hydroxylamine groups is 1. The van der Waals surface area contributed by atoms with Crippen molar-refractivity contribution in [1.29, 1.82) is 0 Å². The third kappa shape index (κ3) is 4.94. The fourth-order valence-electron chi connectivity index (χ4n) is 1.84. The molecule has 0 saturated carbocycles. The summed E-state index contributed by atoms with van der Waals surface area (Å²) in [5.74, 6) is 0.0667. The first-order valence-electron chi connectivity index (χ1n) is 6.79. The predicted molar refractivity (Wildman–Crippen MR) is 82.6 cm³/mol. The third-order valence-corrected chi connectivity index (χ3v) is 2.97. The number of hydrogen-bond donors (Lipinski definition) is 0. The molecule has 0 aliphatic rings. The van der Waals surface area contributed by atoms with Crippen LogP contribution in [0.15, 0.2) is 54.6 Å². The van der Waals surface area contributed by atoms with Crippen LogP contribution in [-0.4, -0.2) is 24.0 Å². The standard InChI is InChI=1S/C17H17NO4/c1-21-16-9-7-15(8-10-16)13-22-17(19)12-18(20)11-14-5-3-2-4-6-14/h2-10,12H,11,13H2,1H3/b18-12-. The molecule has 0 fully saturated rings. The number of carbonyl (C=O) groups excluding carboxylic acids is 1. The van der Waals surface area contributed by atoms with E-state index >= 15 is 0 Å². The van der Waals surface area contributed by atoms with Gasteiger partial charge in [-0.15, -0.1) is 0 Å². The molecule has 0 unspecified atom stereocenters. The summed E-state index contributed by atoms with van der Waals surface area (Å²) in [6.07, 6.45) is 0.913. The van der Waals surface area contributed by atoms with Gasteiger partial charge in [0, 0.05) is 5.56 Å². The van der Waals surface area contributed by atoms with E-state index in [1.807, 2.05) is 30.3 Å². The molecule has 0 radical (unpaired) electrons. The Kier molecular flexibility index (Phi) is 5.54. The second-order valence-corrected chi connectivity index (χ2v) is 4.65. The molecule has 0 atom stereocenters. The van der Waals surface area contributed by atoms with Gasteiger partial charge in [-0.1, -0.05) is 42.5 Å². The van der Waals surface area contributed by atoms with Crippen LogP contribution in [0.5, 0.6) is 5.75 Å². The Morgan fingerprint density at radius 2 is 1.77 bits per heavy atom. The van der Waals surface area contributed by atoms with Crippen molar-refractivity contribution in [2.24, 2.45) is 0 Å². The number of methoxy groups -OCH3 is 1. The van der Waals surface area contributed by atoms with E-state index in [0.717, 1.165) is 23.1 Å². The highest BCUT2D eigenvalue weighted by molar-refractivity contribution is 6.20. The van der Waals surface area contributed by atoms with E-state index in [-0.39, 0.29) is 13.2 Å². The van der Waals surface area contributed by atoms with Gasteiger partial charge >= 0.3 is 5.97 Å². The van der Waals surface area contributed by atoms with E-state index in [1.165, 1.54) is 0 Å². The zero-order valence-corrected chi connectivity index (χ0v) is 12.3. The Balaban J connectivity index is 1.84. The molecule has 5 nitrogen and oxygen atoms in total. The zero-order valence-electron chi connectivity index (χ0n) is 12.3. The number of benzene rings is 2. The molecule has 0 aromatic heterocycles. The average Bonchev–Trinajstić information content (AvgIpc) is 2.54. The molecule has 114 valence electrons. The fourth-order valence-corrected chi connectivity index (χ4v) is 1.84. The normalized spacial score (nSPS) is 11.0. The smallest absolute Gasteiger partial charge is 0.396 e. The number of ether oxygens (including phenoxy) is 2. The summed E-state index contributed by atoms with van der Waals surface area (Å²) >= 11 is 0. The molecule has 2 rings (SSSR count). The molecule has 0 aliphatic carbocycles. The van der Waals surface area contributed by atoms with Crippen molar-refractivity contribution >= 4 is 12.2 Å². The van der Waals surface area contributed by atoms with Gasteiger partial charge in [-0.05, 0) is 17.7 Å². The Hall–Kier alpha value is -2.82. The van der Waals surface area contributed by atoms with Crippen LogP contribution >= 0.6 is 0 Å². The maximum absolute atomic E-state index is 11.7. The Morgan fingerprint density at radius 1 is 1.09 bits per heavy atom. The summed E-state index contributed by atoms with van der Waals surface area (Å²) in [6.45, 7) is 0.219. The number of nitrogens with zero attached hydrogens (tertiary/aromatic N) is 1. The second-order valence-electron chi connectivity index (χ2n) is 4.65. The maximum Gasteiger partial charge on any atom is 0.396 e. The first-order valence-corrected chi connectivity index (χ1v) is 6.79. The lowest BCUT2D eigenvalue weighted by Gasteiger charge is -2.05. The Morgan fingerprint density at radius 3 is 2.41 bits per heavy atom. The molecule has 0 N–H and O–H groups in total. The van der Waals surface area contributed by atoms with Crippen molar-refractivity contribution in [2.75, 3.05) is 7.11 Å². The summed E-state index contributed by atoms with van der Waals surface area (Å²) in [5.41, 5.74) is 1.65. The van der Waals surface area contributed by atoms with Crippen LogP contribution in [0.2, 0.25) is 0 Å². The van der Waals surface area contributed by atoms with Crippen molar-refractivity contribution in [3.63, 3.8) is 0 Å². The SMILES string of the molecule is COc1ccc(COC(=O)/C=[N+](\[O-])Cc2ccccc2)cc1. The van der Waals surface area contributed by atoms with Crippen LogP contribution in [0.25, 0.3) is 0 Å². The minimum absolute atomic E-state index is 0.110. The summed E-state index contributed by atoms with van der Waals surface area (Å²) in [5, 5.41) is 11.7. The summed E-state index contributed by atoms with van der Waals surface area (Å²) in [4.78, 5) is 11.6. The number of hydrogen-bond acceptors (Lipinski definition) is 4. The van der Waals surface area contributed by atoms with E-state index < -0.39 is 5.97 Å². The van der Waals surface area contributed by atoms with Gasteiger partial charge < -0.3 is 14.7 Å². The molecule has 0 saturated heterocycles. The summed E-state index contributed by atoms with van der Waals surface area (Å²) < 4.78 is 10.6. The lowest BCUT2D eigenvalue weighted by atomic mass is 10.2. The lowest BCUT2D eigenvalue weighted by Crippen LogP contribution is -2.14. The van der Waals surface area contributed by atoms with Crippen LogP contribution < -0.4 is 4.74 Å². The fraction of sp³-hybridized carbons (Fsp3) is 0.176. The van der Waals surface area contributed by atoms with Crippen LogP contribution in [-0.2, 0) is 22.7 Å². The highest BCUT2D eigenvalue weighted by Crippen LogP contribution is 2.11. The summed E-state index contributed by atoms with van der Waals surface area (Å²) in [6, 6.07) is 16.3. The van der Waals surface area contributed by atoms with Crippen LogP contribution in [0, 0.1) is 5.21 Å². The van der Waals surface area contributed by atoms with Gasteiger partial charge in [0.25, 0.3) is 6.21 Å². The third-order valence-electron chi connectivity index (χ3n) is 2.97. The molecule has 0 bridgehead atoms. The Bertz CT molecular complexity index is 635. The van der Waals surface area contributed by atoms with Crippen molar-refractivity contribution in [3.05, 3.63) is 70.9 Å². The van der Waals surface area contributed by atoms with Gasteiger partial charge in [-0.3, -0.25) is 0 Å². The van der Waals surface area contributed by atoms with Crippen LogP contribution in [0.3, 0.4) is 0 Å². The summed E-state index contributed by atoms with van der Waals surface area (Å²) in [7, 11) is 1.58. The van der Waals surface area contributed by atoms with Crippen molar-refractivity contribution < 1.29 is 19.0 Å². The Labute approximate surface area is 129 Å². The van der Waals surface area contributed by atoms with Crippen molar-refractivity contribution in [1.82, 2.24) is 0 Å². The molecule has 0 amide bonds. The van der Waals surface area contributed by atoms with Crippen LogP contribution in [0.1, 0.15) is 11.1 Å². The van der Waals surface area contributed by atoms with Crippen molar-refractivity contribution in [3.8, 4) is 5.75 Å². The van der Waals surface area contributed by atoms with Gasteiger partial charge in [0.2, 0.25) is 0 Å². The minimum atomic E-state index is -0.665. The molecule has 0 spiro atoms. The highest BCUT2D eigenvalue weighted by Gasteiger charge is 2.06. The predicted octanol–water partition coefficient (Wildman–Crippen LogP) is 2.52. The quantitative estimate of drug-likeness (QED) is 0.270. The first-order chi connectivity index (χ1) is 10.7. The topological polar surface area (TPSA) is 61.6 Å². The molecule has 0 heterocycles. The molecule has 22 heavy (non-hydrogen) atoms. The molecule has 2 aromatic rings. The number of esters is 1. The highest BCUT2D eigenvalue weighted by atomic mass is 16.5. The molecular weight excluding hydrogens is 282 g/mol. The van der Waals surface area contributed by atoms with E-state index in [1.54, 1.807) is 31.4 Å². The van der Waals surface area contributed by atoms with Crippen molar-refractivity contribution in [2.45, 2.75) is 13.2 Å². The van der Waals surface area contributed by atoms with Gasteiger partial charge in [0.1, 0.15) is 12.4 Å². The van der Waals surface area contributed by atoms with Crippen LogP contribution in [0.4, 0.5) is 0 Å². The lowest BCUT2D eigenvalue weighted by molar-refractivity contribution is -0.469. The largest absolute Gasteiger partial charge is 0.623 e. The van der Waals surface area contributed by atoms with Gasteiger partial charge in [0.15, 0.2) is 6.54 Å². The second kappa shape index (κ2) is 7.83. The van der Waals surface area contributed by atoms with E-state index in [2.05, 4.69) is 0 Å². The monoisotopic (exact) mass is 299 g/mol. The van der Waals surface area contributed by atoms with Gasteiger partial charge in [0.05, 0.1) is 7.11 Å². The van der Waals surface area contributed by atoms with E-state index in [9.17, 15) is 10.0 Å². The molecule has 5 heteroatoms. The van der Waals surface area contributed by atoms with E-state index in [4.69, 9.17) is 9.47 Å². The van der Waals surface area contributed by atoms with Gasteiger partial charge in [-0.2, -0.15) is 0 Å². The maximum atomic E-state index is 11.7. The van der Waals surface area contributed by atoms with Gasteiger partial charge in [-0.25, -0.2) is 9.53 Å². The average molecular weight is 299 g/mol. The van der Waals surface area contributed by atoms with E-state index in [0.29, 0.717) is 4.74 Å². The minimum Gasteiger partial charge on any atom is -0.623 e. The number of rotatable bonds is 6.